The lowest BCUT2D eigenvalue weighted by atomic mass is 9.94. The lowest BCUT2D eigenvalue weighted by Gasteiger charge is -2.31. The molecule has 0 saturated carbocycles. The summed E-state index contributed by atoms with van der Waals surface area (Å²) in [6.07, 6.45) is 87.4. The Bertz CT molecular complexity index is 1840. The van der Waals surface area contributed by atoms with E-state index in [4.69, 9.17) is 18.9 Å². The third-order valence-electron chi connectivity index (χ3n) is 21.4. The van der Waals surface area contributed by atoms with Crippen LogP contribution in [0.4, 0.5) is 0 Å². The molecule has 0 N–H and O–H groups in total. The SMILES string of the molecule is CCCCC/C=C/C/C=C/CCCCCCCCC(CCCCCCCC/C=C/C/C=C/CCCCC)OC(=O)CC(C(=O)OCCN1CCCCC1)N(CCCCCCOC(=O)C(CCCCCC)CCCCCCCC)CCCCCCOC(=O)C(CCCCCC)CCCCCCCC. The second-order valence-corrected chi connectivity index (χ2v) is 31.1. The van der Waals surface area contributed by atoms with Crippen LogP contribution in [0.5, 0.6) is 0 Å². The summed E-state index contributed by atoms with van der Waals surface area (Å²) in [6, 6.07) is -0.744. The van der Waals surface area contributed by atoms with Crippen LogP contribution in [0.3, 0.4) is 0 Å². The highest BCUT2D eigenvalue weighted by molar-refractivity contribution is 5.83. The molecule has 0 aliphatic carbocycles. The van der Waals surface area contributed by atoms with Gasteiger partial charge in [-0.3, -0.25) is 29.0 Å². The van der Waals surface area contributed by atoms with Crippen LogP contribution in [0, 0.1) is 11.8 Å². The van der Waals surface area contributed by atoms with E-state index in [1.807, 2.05) is 0 Å². The zero-order valence-electron chi connectivity index (χ0n) is 68.6. The lowest BCUT2D eigenvalue weighted by Crippen LogP contribution is -2.46. The van der Waals surface area contributed by atoms with Gasteiger partial charge < -0.3 is 18.9 Å². The molecule has 1 aliphatic heterocycles. The van der Waals surface area contributed by atoms with Crippen molar-refractivity contribution in [3.63, 3.8) is 0 Å². The van der Waals surface area contributed by atoms with Gasteiger partial charge in [-0.1, -0.05) is 328 Å². The highest BCUT2D eigenvalue weighted by atomic mass is 16.6. The Morgan fingerprint density at radius 3 is 1.02 bits per heavy atom. The van der Waals surface area contributed by atoms with Gasteiger partial charge in [-0.2, -0.15) is 0 Å². The number of carbonyl (C=O) groups excluding carboxylic acids is 4. The van der Waals surface area contributed by atoms with Gasteiger partial charge in [0.25, 0.3) is 0 Å². The number of hydrogen-bond acceptors (Lipinski definition) is 10. The highest BCUT2D eigenvalue weighted by Crippen LogP contribution is 2.25. The molecule has 1 rings (SSSR count). The van der Waals surface area contributed by atoms with Gasteiger partial charge in [0.05, 0.1) is 31.5 Å². The molecular formula is C92H170N2O8. The van der Waals surface area contributed by atoms with Crippen LogP contribution < -0.4 is 0 Å². The molecule has 102 heavy (non-hydrogen) atoms. The summed E-state index contributed by atoms with van der Waals surface area (Å²) in [5.41, 5.74) is 0. The van der Waals surface area contributed by atoms with Crippen LogP contribution in [0.2, 0.25) is 0 Å². The Balaban J connectivity index is 3.29. The Morgan fingerprint density at radius 2 is 0.627 bits per heavy atom. The van der Waals surface area contributed by atoms with Crippen molar-refractivity contribution in [1.29, 1.82) is 0 Å². The number of unbranched alkanes of at least 4 members (excludes halogenated alkanes) is 40. The van der Waals surface area contributed by atoms with Gasteiger partial charge in [0.1, 0.15) is 18.8 Å². The van der Waals surface area contributed by atoms with Gasteiger partial charge in [0.15, 0.2) is 0 Å². The maximum atomic E-state index is 14.8. The Labute approximate surface area is 633 Å². The Hall–Kier alpha value is -3.24. The first kappa shape index (κ1) is 96.8. The number of ether oxygens (including phenoxy) is 4. The number of allylic oxidation sites excluding steroid dienone is 8. The molecule has 1 aliphatic rings. The summed E-state index contributed by atoms with van der Waals surface area (Å²) < 4.78 is 24.9. The van der Waals surface area contributed by atoms with E-state index in [1.165, 1.54) is 225 Å². The van der Waals surface area contributed by atoms with E-state index in [9.17, 15) is 19.2 Å². The summed E-state index contributed by atoms with van der Waals surface area (Å²) in [6.45, 7) is 18.8. The minimum absolute atomic E-state index is 0.00147. The molecule has 1 saturated heterocycles. The fourth-order valence-electron chi connectivity index (χ4n) is 14.6. The summed E-state index contributed by atoms with van der Waals surface area (Å²) >= 11 is 0. The predicted octanol–water partition coefficient (Wildman–Crippen LogP) is 27.3. The van der Waals surface area contributed by atoms with Crippen molar-refractivity contribution in [2.45, 2.75) is 452 Å². The molecule has 3 unspecified atom stereocenters. The number of nitrogens with zero attached hydrogens (tertiary/aromatic N) is 2. The number of carbonyl (C=O) groups is 4. The summed E-state index contributed by atoms with van der Waals surface area (Å²) in [5.74, 6) is -0.615. The van der Waals surface area contributed by atoms with Gasteiger partial charge in [-0.25, -0.2) is 0 Å². The van der Waals surface area contributed by atoms with E-state index in [1.54, 1.807) is 0 Å². The molecule has 0 spiro atoms. The molecule has 0 radical (unpaired) electrons. The Kier molecular flexibility index (Phi) is 73.4. The zero-order chi connectivity index (χ0) is 73.8. The molecule has 3 atom stereocenters. The van der Waals surface area contributed by atoms with Crippen LogP contribution >= 0.6 is 0 Å². The predicted molar refractivity (Wildman–Crippen MR) is 438 cm³/mol. The molecule has 10 heteroatoms. The Morgan fingerprint density at radius 1 is 0.324 bits per heavy atom. The average Bonchev–Trinajstić information content (AvgIpc) is 0.876. The maximum absolute atomic E-state index is 14.8. The minimum atomic E-state index is -0.744. The molecule has 0 aromatic rings. The third kappa shape index (κ3) is 62.9. The molecule has 0 aromatic heterocycles. The van der Waals surface area contributed by atoms with E-state index < -0.39 is 6.04 Å². The molecule has 0 amide bonds. The van der Waals surface area contributed by atoms with Gasteiger partial charge in [-0.15, -0.1) is 0 Å². The van der Waals surface area contributed by atoms with Crippen LogP contribution in [0.25, 0.3) is 0 Å². The minimum Gasteiger partial charge on any atom is -0.465 e. The second kappa shape index (κ2) is 77.4. The van der Waals surface area contributed by atoms with E-state index in [-0.39, 0.29) is 48.2 Å². The monoisotopic (exact) mass is 1430 g/mol. The van der Waals surface area contributed by atoms with Gasteiger partial charge in [-0.05, 0) is 180 Å². The van der Waals surface area contributed by atoms with Crippen LogP contribution in [0.15, 0.2) is 48.6 Å². The van der Waals surface area contributed by atoms with Crippen molar-refractivity contribution in [2.75, 3.05) is 52.5 Å². The van der Waals surface area contributed by atoms with Crippen molar-refractivity contribution in [3.05, 3.63) is 48.6 Å². The molecule has 1 heterocycles. The second-order valence-electron chi connectivity index (χ2n) is 31.1. The summed E-state index contributed by atoms with van der Waals surface area (Å²) in [7, 11) is 0. The van der Waals surface area contributed by atoms with Gasteiger partial charge in [0.2, 0.25) is 0 Å². The smallest absolute Gasteiger partial charge is 0.324 e. The quantitative estimate of drug-likeness (QED) is 0.0253. The largest absolute Gasteiger partial charge is 0.465 e. The molecular weight excluding hydrogens is 1260 g/mol. The molecule has 0 bridgehead atoms. The fourth-order valence-corrected chi connectivity index (χ4v) is 14.6. The number of likely N-dealkylation sites (tertiary alicyclic amines) is 1. The van der Waals surface area contributed by atoms with Gasteiger partial charge in [0, 0.05) is 6.54 Å². The van der Waals surface area contributed by atoms with Gasteiger partial charge >= 0.3 is 23.9 Å². The first-order valence-corrected chi connectivity index (χ1v) is 45.0. The molecule has 10 nitrogen and oxygen atoms in total. The number of esters is 4. The summed E-state index contributed by atoms with van der Waals surface area (Å²) in [4.78, 5) is 61.2. The van der Waals surface area contributed by atoms with Crippen LogP contribution in [-0.2, 0) is 38.1 Å². The van der Waals surface area contributed by atoms with Crippen molar-refractivity contribution in [2.24, 2.45) is 11.8 Å². The van der Waals surface area contributed by atoms with E-state index in [0.29, 0.717) is 39.5 Å². The third-order valence-corrected chi connectivity index (χ3v) is 21.4. The van der Waals surface area contributed by atoms with Crippen molar-refractivity contribution in [1.82, 2.24) is 9.80 Å². The topological polar surface area (TPSA) is 112 Å². The van der Waals surface area contributed by atoms with Crippen molar-refractivity contribution in [3.8, 4) is 0 Å². The van der Waals surface area contributed by atoms with E-state index in [2.05, 4.69) is 100.0 Å². The maximum Gasteiger partial charge on any atom is 0.324 e. The van der Waals surface area contributed by atoms with E-state index >= 15 is 0 Å². The lowest BCUT2D eigenvalue weighted by molar-refractivity contribution is -0.160. The average molecular weight is 1430 g/mol. The zero-order valence-corrected chi connectivity index (χ0v) is 68.6. The van der Waals surface area contributed by atoms with Crippen LogP contribution in [-0.4, -0.2) is 98.4 Å². The van der Waals surface area contributed by atoms with E-state index in [0.717, 1.165) is 180 Å². The van der Waals surface area contributed by atoms with Crippen molar-refractivity contribution < 1.29 is 38.1 Å². The highest BCUT2D eigenvalue weighted by Gasteiger charge is 2.32. The standard InChI is InChI=1S/C92H170N2O8/c1-7-13-19-25-29-31-33-35-37-39-41-43-45-47-51-62-74-87(75-63-52-48-46-44-42-40-38-36-34-32-30-26-20-14-8-2)102-89(95)84-88(92(98)101-83-80-93-76-64-57-65-77-93)94(78-66-53-55-68-81-99-90(96)85(70-58-23-17-11-5)72-60-49-27-21-15-9-3)79-67-54-56-69-82-100-91(97)86(71-59-24-18-12-6)73-61-50-28-22-16-10-4/h29-32,35-38,85-88H,7-28,33-34,39-84H2,1-6H3/b31-29+,32-30+,37-35+,38-36+. The first-order valence-electron chi connectivity index (χ1n) is 45.0. The summed E-state index contributed by atoms with van der Waals surface area (Å²) in [5, 5.41) is 0. The molecule has 1 fully saturated rings. The molecule has 0 aromatic carbocycles. The van der Waals surface area contributed by atoms with Crippen LogP contribution in [0.1, 0.15) is 440 Å². The fraction of sp³-hybridized carbons (Fsp3) is 0.870. The normalized spacial score (nSPS) is 14.0. The number of hydrogen-bond donors (Lipinski definition) is 0. The number of rotatable bonds is 78. The molecule has 596 valence electrons. The van der Waals surface area contributed by atoms with Crippen molar-refractivity contribution >= 4 is 23.9 Å². The number of piperidine rings is 1. The first-order chi connectivity index (χ1) is 50.2.